The van der Waals surface area contributed by atoms with Gasteiger partial charge in [-0.25, -0.2) is 4.39 Å². The van der Waals surface area contributed by atoms with E-state index in [0.29, 0.717) is 61.9 Å². The van der Waals surface area contributed by atoms with E-state index in [2.05, 4.69) is 41.4 Å². The number of nitrogens with zero attached hydrogens (tertiary/aromatic N) is 2. The second-order valence-corrected chi connectivity index (χ2v) is 9.33. The first kappa shape index (κ1) is 21.4. The Labute approximate surface area is 189 Å². The number of aryl methyl sites for hydroxylation is 1. The van der Waals surface area contributed by atoms with E-state index in [1.807, 2.05) is 4.90 Å². The number of carbonyl (C=O) groups excluding carboxylic acids is 1. The van der Waals surface area contributed by atoms with E-state index in [9.17, 15) is 9.18 Å². The highest BCUT2D eigenvalue weighted by Gasteiger charge is 2.55. The van der Waals surface area contributed by atoms with Gasteiger partial charge in [-0.05, 0) is 53.5 Å². The highest BCUT2D eigenvalue weighted by molar-refractivity contribution is 5.94. The topological polar surface area (TPSA) is 44.8 Å². The Hall–Kier alpha value is -2.44. The molecule has 0 aromatic heterocycles. The van der Waals surface area contributed by atoms with Gasteiger partial charge in [0.25, 0.3) is 5.91 Å². The summed E-state index contributed by atoms with van der Waals surface area (Å²) in [6.07, 6.45) is 1.08. The molecule has 3 fully saturated rings. The molecule has 1 aliphatic carbocycles. The third-order valence-electron chi connectivity index (χ3n) is 7.34. The number of piperidine rings is 1. The van der Waals surface area contributed by atoms with Crippen molar-refractivity contribution in [1.29, 1.82) is 0 Å². The molecule has 32 heavy (non-hydrogen) atoms. The largest absolute Gasteiger partial charge is 0.378 e. The molecular formula is C26H32FN3O2. The number of fused-ring (bicyclic) bond motifs is 1. The summed E-state index contributed by atoms with van der Waals surface area (Å²) in [5.41, 5.74) is 3.69. The number of morpholine rings is 1. The van der Waals surface area contributed by atoms with Crippen LogP contribution in [0.15, 0.2) is 42.5 Å². The van der Waals surface area contributed by atoms with Gasteiger partial charge in [0.05, 0.1) is 18.9 Å². The van der Waals surface area contributed by atoms with Gasteiger partial charge < -0.3 is 15.0 Å². The fraction of sp³-hybridized carbons (Fsp3) is 0.500. The number of benzene rings is 2. The minimum Gasteiger partial charge on any atom is -0.378 e. The third kappa shape index (κ3) is 4.52. The van der Waals surface area contributed by atoms with E-state index in [0.717, 1.165) is 26.1 Å². The molecule has 2 unspecified atom stereocenters. The van der Waals surface area contributed by atoms with Gasteiger partial charge in [-0.2, -0.15) is 0 Å². The van der Waals surface area contributed by atoms with Crippen LogP contribution in [0.3, 0.4) is 0 Å². The number of likely N-dealkylation sites (tertiary alicyclic amines) is 1. The van der Waals surface area contributed by atoms with Crippen LogP contribution < -0.4 is 10.2 Å². The first-order valence-corrected chi connectivity index (χ1v) is 11.8. The number of ether oxygens (including phenoxy) is 1. The molecule has 170 valence electrons. The molecule has 5 nitrogen and oxygen atoms in total. The minimum atomic E-state index is -0.342. The van der Waals surface area contributed by atoms with Crippen LogP contribution in [-0.2, 0) is 17.7 Å². The summed E-state index contributed by atoms with van der Waals surface area (Å²) in [4.78, 5) is 17.1. The van der Waals surface area contributed by atoms with E-state index in [-0.39, 0.29) is 11.7 Å². The van der Waals surface area contributed by atoms with E-state index < -0.39 is 0 Å². The smallest absolute Gasteiger partial charge is 0.251 e. The summed E-state index contributed by atoms with van der Waals surface area (Å²) in [5.74, 6) is 1.37. The van der Waals surface area contributed by atoms with Crippen LogP contribution in [0.5, 0.6) is 0 Å². The first-order chi connectivity index (χ1) is 15.6. The maximum atomic E-state index is 14.6. The summed E-state index contributed by atoms with van der Waals surface area (Å²) in [6.45, 7) is 8.63. The maximum Gasteiger partial charge on any atom is 0.251 e. The summed E-state index contributed by atoms with van der Waals surface area (Å²) >= 11 is 0. The normalized spacial score (nSPS) is 24.9. The molecule has 2 heterocycles. The Kier molecular flexibility index (Phi) is 6.15. The van der Waals surface area contributed by atoms with Crippen molar-refractivity contribution in [3.05, 3.63) is 65.0 Å². The van der Waals surface area contributed by atoms with Crippen LogP contribution in [0.2, 0.25) is 0 Å². The second-order valence-electron chi connectivity index (χ2n) is 9.33. The number of halogens is 1. The average Bonchev–Trinajstić information content (AvgIpc) is 3.28. The number of amides is 1. The highest BCUT2D eigenvalue weighted by atomic mass is 19.1. The fourth-order valence-corrected chi connectivity index (χ4v) is 5.33. The van der Waals surface area contributed by atoms with Crippen LogP contribution in [0.25, 0.3) is 0 Å². The van der Waals surface area contributed by atoms with Crippen molar-refractivity contribution in [1.82, 2.24) is 10.2 Å². The van der Waals surface area contributed by atoms with E-state index in [4.69, 9.17) is 4.74 Å². The first-order valence-electron chi connectivity index (χ1n) is 11.8. The van der Waals surface area contributed by atoms with Crippen molar-refractivity contribution in [3.63, 3.8) is 0 Å². The zero-order chi connectivity index (χ0) is 22.1. The Bertz CT molecular complexity index is 946. The van der Waals surface area contributed by atoms with Crippen LogP contribution in [0.4, 0.5) is 10.1 Å². The molecule has 0 bridgehead atoms. The van der Waals surface area contributed by atoms with Gasteiger partial charge in [0, 0.05) is 44.8 Å². The lowest BCUT2D eigenvalue weighted by molar-refractivity contribution is 0.0948. The van der Waals surface area contributed by atoms with Gasteiger partial charge in [-0.15, -0.1) is 0 Å². The summed E-state index contributed by atoms with van der Waals surface area (Å²) < 4.78 is 19.9. The zero-order valence-corrected chi connectivity index (χ0v) is 18.7. The Balaban J connectivity index is 1.08. The third-order valence-corrected chi connectivity index (χ3v) is 7.34. The van der Waals surface area contributed by atoms with Crippen LogP contribution in [-0.4, -0.2) is 56.7 Å². The molecule has 1 N–H and O–H groups in total. The zero-order valence-electron chi connectivity index (χ0n) is 18.7. The standard InChI is InChI=1S/C26H32FN3O2/c1-2-18-3-5-19(6-4-18)15-29-16-22-21(23(22)17-29)14-28-26(31)20-7-8-25(24(27)13-20)30-9-11-32-12-10-30/h3-8,13,21-23H,2,9-12,14-17H2,1H3,(H,28,31). The molecule has 3 aliphatic rings. The lowest BCUT2D eigenvalue weighted by atomic mass is 10.1. The molecule has 2 saturated heterocycles. The molecule has 1 amide bonds. The highest BCUT2D eigenvalue weighted by Crippen LogP contribution is 2.51. The van der Waals surface area contributed by atoms with Crippen LogP contribution in [0, 0.1) is 23.6 Å². The van der Waals surface area contributed by atoms with Gasteiger partial charge in [0.15, 0.2) is 0 Å². The molecule has 2 aromatic carbocycles. The number of hydrogen-bond donors (Lipinski definition) is 1. The Morgan fingerprint density at radius 1 is 1.06 bits per heavy atom. The monoisotopic (exact) mass is 437 g/mol. The fourth-order valence-electron chi connectivity index (χ4n) is 5.33. The molecule has 0 spiro atoms. The average molecular weight is 438 g/mol. The molecule has 1 saturated carbocycles. The SMILES string of the molecule is CCc1ccc(CN2CC3C(CNC(=O)c4ccc(N5CCOCC5)c(F)c4)C3C2)cc1. The summed E-state index contributed by atoms with van der Waals surface area (Å²) in [5, 5.41) is 3.04. The quantitative estimate of drug-likeness (QED) is 0.722. The minimum absolute atomic E-state index is 0.185. The molecule has 2 aromatic rings. The predicted octanol–water partition coefficient (Wildman–Crippen LogP) is 3.33. The van der Waals surface area contributed by atoms with Crippen molar-refractivity contribution >= 4 is 11.6 Å². The van der Waals surface area contributed by atoms with Gasteiger partial charge >= 0.3 is 0 Å². The lowest BCUT2D eigenvalue weighted by Crippen LogP contribution is -2.36. The van der Waals surface area contributed by atoms with Crippen molar-refractivity contribution in [2.24, 2.45) is 17.8 Å². The van der Waals surface area contributed by atoms with Crippen LogP contribution >= 0.6 is 0 Å². The van der Waals surface area contributed by atoms with Crippen LogP contribution in [0.1, 0.15) is 28.4 Å². The second kappa shape index (κ2) is 9.20. The van der Waals surface area contributed by atoms with Crippen molar-refractivity contribution in [3.8, 4) is 0 Å². The van der Waals surface area contributed by atoms with Gasteiger partial charge in [-0.1, -0.05) is 31.2 Å². The molecule has 2 atom stereocenters. The van der Waals surface area contributed by atoms with E-state index in [1.165, 1.54) is 17.2 Å². The van der Waals surface area contributed by atoms with E-state index in [1.54, 1.807) is 12.1 Å². The summed E-state index contributed by atoms with van der Waals surface area (Å²) in [6, 6.07) is 13.7. The molecule has 6 heteroatoms. The van der Waals surface area contributed by atoms with E-state index >= 15 is 0 Å². The molecule has 2 aliphatic heterocycles. The predicted molar refractivity (Wildman–Crippen MR) is 123 cm³/mol. The number of rotatable bonds is 7. The Morgan fingerprint density at radius 3 is 2.41 bits per heavy atom. The number of nitrogens with one attached hydrogen (secondary N) is 1. The van der Waals surface area contributed by atoms with Crippen molar-refractivity contribution in [2.75, 3.05) is 50.8 Å². The van der Waals surface area contributed by atoms with Crippen molar-refractivity contribution in [2.45, 2.75) is 19.9 Å². The Morgan fingerprint density at radius 2 is 1.75 bits per heavy atom. The number of anilines is 1. The maximum absolute atomic E-state index is 14.6. The molecular weight excluding hydrogens is 405 g/mol. The number of carbonyl (C=O) groups is 1. The van der Waals surface area contributed by atoms with Crippen molar-refractivity contribution < 1.29 is 13.9 Å². The van der Waals surface area contributed by atoms with Gasteiger partial charge in [0.2, 0.25) is 0 Å². The molecule has 0 radical (unpaired) electrons. The lowest BCUT2D eigenvalue weighted by Gasteiger charge is -2.29. The molecule has 5 rings (SSSR count). The number of hydrogen-bond acceptors (Lipinski definition) is 4. The van der Waals surface area contributed by atoms with Gasteiger partial charge in [0.1, 0.15) is 5.82 Å². The summed E-state index contributed by atoms with van der Waals surface area (Å²) in [7, 11) is 0. The van der Waals surface area contributed by atoms with Gasteiger partial charge in [-0.3, -0.25) is 9.69 Å².